The molecule has 13 nitrogen and oxygen atoms in total. The summed E-state index contributed by atoms with van der Waals surface area (Å²) in [6, 6.07) is 19.9. The first-order valence-corrected chi connectivity index (χ1v) is 18.1. The molecule has 0 amide bonds. The molecule has 6 rings (SSSR count). The number of H-pyrrole nitrogens is 1. The first-order valence-electron chi connectivity index (χ1n) is 16.6. The molecule has 5 aromatic rings. The molecule has 0 radical (unpaired) electrons. The van der Waals surface area contributed by atoms with Crippen LogP contribution in [0.25, 0.3) is 0 Å². The molecule has 1 aliphatic rings. The molecule has 0 fully saturated rings. The fraction of sp³-hybridized carbons (Fsp3) is 0.237. The van der Waals surface area contributed by atoms with E-state index < -0.39 is 39.6 Å². The molecule has 0 saturated carbocycles. The van der Waals surface area contributed by atoms with Gasteiger partial charge >= 0.3 is 17.8 Å². The summed E-state index contributed by atoms with van der Waals surface area (Å²) in [7, 11) is -3.09. The number of esters is 1. The number of fused-ring (bicyclic) bond motifs is 1. The van der Waals surface area contributed by atoms with Crippen molar-refractivity contribution in [3.05, 3.63) is 146 Å². The molecule has 1 aliphatic heterocycles. The molecule has 0 spiro atoms. The molecule has 3 heterocycles. The van der Waals surface area contributed by atoms with Gasteiger partial charge in [0.15, 0.2) is 12.4 Å². The van der Waals surface area contributed by atoms with E-state index in [0.717, 1.165) is 23.3 Å². The van der Waals surface area contributed by atoms with E-state index in [-0.39, 0.29) is 34.4 Å². The van der Waals surface area contributed by atoms with Crippen LogP contribution in [0.3, 0.4) is 0 Å². The molecular weight excluding hydrogens is 742 g/mol. The minimum atomic E-state index is -4.63. The first kappa shape index (κ1) is 40.1. The number of alkyl halides is 3. The highest BCUT2D eigenvalue weighted by Gasteiger charge is 2.41. The van der Waals surface area contributed by atoms with Crippen LogP contribution in [0.2, 0.25) is 0 Å². The lowest BCUT2D eigenvalue weighted by Gasteiger charge is -2.36. The van der Waals surface area contributed by atoms with Crippen molar-refractivity contribution in [1.29, 1.82) is 5.26 Å². The summed E-state index contributed by atoms with van der Waals surface area (Å²) in [5.74, 6) is -0.800. The fourth-order valence-corrected chi connectivity index (χ4v) is 6.67. The number of carbonyl (C=O) groups is 1. The third kappa shape index (κ3) is 9.00. The lowest BCUT2D eigenvalue weighted by Crippen LogP contribution is -2.38. The van der Waals surface area contributed by atoms with Gasteiger partial charge in [-0.1, -0.05) is 29.8 Å². The summed E-state index contributed by atoms with van der Waals surface area (Å²) in [6.45, 7) is 3.85. The Morgan fingerprint density at radius 3 is 2.45 bits per heavy atom. The number of methoxy groups -OCH3 is 1. The number of ether oxygens (including phenoxy) is 1. The van der Waals surface area contributed by atoms with Gasteiger partial charge in [0.05, 0.1) is 41.4 Å². The third-order valence-electron chi connectivity index (χ3n) is 8.82. The smallest absolute Gasteiger partial charge is 0.416 e. The Morgan fingerprint density at radius 2 is 1.82 bits per heavy atom. The van der Waals surface area contributed by atoms with E-state index in [1.165, 1.54) is 40.8 Å². The molecule has 1 atom stereocenters. The Kier molecular flexibility index (Phi) is 12.0. The second-order valence-electron chi connectivity index (χ2n) is 12.5. The number of hydrogen-bond donors (Lipinski definition) is 2. The zero-order valence-corrected chi connectivity index (χ0v) is 30.6. The predicted molar refractivity (Wildman–Crippen MR) is 190 cm³/mol. The van der Waals surface area contributed by atoms with Crippen LogP contribution < -0.4 is 15.2 Å². The predicted octanol–water partition coefficient (Wildman–Crippen LogP) is 4.96. The van der Waals surface area contributed by atoms with Crippen LogP contribution in [0.1, 0.15) is 52.8 Å². The summed E-state index contributed by atoms with van der Waals surface area (Å²) in [6.07, 6.45) is 0.124. The lowest BCUT2D eigenvalue weighted by atomic mass is 9.88. The van der Waals surface area contributed by atoms with Crippen LogP contribution in [-0.4, -0.2) is 45.9 Å². The van der Waals surface area contributed by atoms with Gasteiger partial charge in [0.1, 0.15) is 22.7 Å². The number of aryl methyl sites for hydroxylation is 3. The molecule has 0 saturated heterocycles. The lowest BCUT2D eigenvalue weighted by molar-refractivity contribution is -0.697. The Labute approximate surface area is 313 Å². The van der Waals surface area contributed by atoms with Gasteiger partial charge < -0.3 is 14.4 Å². The van der Waals surface area contributed by atoms with Gasteiger partial charge in [-0.15, -0.1) is 5.10 Å². The van der Waals surface area contributed by atoms with Crippen molar-refractivity contribution in [2.75, 3.05) is 12.0 Å². The van der Waals surface area contributed by atoms with E-state index in [0.29, 0.717) is 36.1 Å². The Bertz CT molecular complexity index is 2450. The van der Waals surface area contributed by atoms with Crippen molar-refractivity contribution in [3.63, 3.8) is 0 Å². The highest BCUT2D eigenvalue weighted by molar-refractivity contribution is 7.85. The maximum atomic E-state index is 13.6. The molecule has 0 bridgehead atoms. The molecule has 286 valence electrons. The average molecular weight is 777 g/mol. The second kappa shape index (κ2) is 16.5. The number of aromatic amines is 1. The summed E-state index contributed by atoms with van der Waals surface area (Å²) in [4.78, 5) is 27.8. The summed E-state index contributed by atoms with van der Waals surface area (Å²) >= 11 is 0. The van der Waals surface area contributed by atoms with Crippen molar-refractivity contribution in [1.82, 2.24) is 14.8 Å². The van der Waals surface area contributed by atoms with E-state index >= 15 is 0 Å². The van der Waals surface area contributed by atoms with E-state index in [9.17, 15) is 46.1 Å². The quantitative estimate of drug-likeness (QED) is 0.118. The van der Waals surface area contributed by atoms with Gasteiger partial charge in [-0.25, -0.2) is 32.2 Å². The zero-order chi connectivity index (χ0) is 40.1. The number of anilines is 2. The van der Waals surface area contributed by atoms with Crippen LogP contribution in [0, 0.1) is 18.3 Å². The SMILES string of the molecule is COC(=O)C1=C(C)N(c2cccc(C(F)(F)F)c2)c2n[nH]c(=O)n2C1c1ccc(C#N)cc1CCC[n+]1cccc(CO)c1.Cc1ccc(S(=O)(=O)[O-])cc1. The van der Waals surface area contributed by atoms with Gasteiger partial charge in [0.2, 0.25) is 5.95 Å². The number of allylic oxidation sites excluding steroid dienone is 1. The van der Waals surface area contributed by atoms with E-state index in [4.69, 9.17) is 4.74 Å². The maximum Gasteiger partial charge on any atom is 0.416 e. The third-order valence-corrected chi connectivity index (χ3v) is 9.67. The fourth-order valence-electron chi connectivity index (χ4n) is 6.20. The number of pyridine rings is 1. The summed E-state index contributed by atoms with van der Waals surface area (Å²) < 4.78 is 80.3. The number of hydrogen-bond acceptors (Lipinski definition) is 10. The summed E-state index contributed by atoms with van der Waals surface area (Å²) in [5.41, 5.74) is 1.96. The molecule has 2 aromatic heterocycles. The van der Waals surface area contributed by atoms with Crippen molar-refractivity contribution >= 4 is 27.7 Å². The summed E-state index contributed by atoms with van der Waals surface area (Å²) in [5, 5.41) is 25.6. The van der Waals surface area contributed by atoms with Crippen LogP contribution in [-0.2, 0) is 45.4 Å². The largest absolute Gasteiger partial charge is 0.744 e. The molecule has 17 heteroatoms. The van der Waals surface area contributed by atoms with Crippen molar-refractivity contribution in [3.8, 4) is 6.07 Å². The normalized spacial score (nSPS) is 14.1. The Hall–Kier alpha value is -6.09. The minimum Gasteiger partial charge on any atom is -0.744 e. The molecular formula is C38H35F3N6O7S. The molecule has 2 N–H and O–H groups in total. The average Bonchev–Trinajstić information content (AvgIpc) is 3.54. The minimum absolute atomic E-state index is 0.0174. The Morgan fingerprint density at radius 1 is 1.09 bits per heavy atom. The number of halogens is 3. The number of nitriles is 1. The maximum absolute atomic E-state index is 13.6. The van der Waals surface area contributed by atoms with Crippen LogP contribution in [0.15, 0.2) is 112 Å². The number of aromatic nitrogens is 4. The van der Waals surface area contributed by atoms with E-state index in [2.05, 4.69) is 16.3 Å². The highest BCUT2D eigenvalue weighted by Crippen LogP contribution is 2.43. The molecule has 55 heavy (non-hydrogen) atoms. The van der Waals surface area contributed by atoms with E-state index in [1.54, 1.807) is 43.3 Å². The monoisotopic (exact) mass is 776 g/mol. The number of nitrogens with zero attached hydrogens (tertiary/aromatic N) is 5. The van der Waals surface area contributed by atoms with E-state index in [1.807, 2.05) is 30.0 Å². The topological polar surface area (TPSA) is 185 Å². The molecule has 3 aromatic carbocycles. The molecule has 0 aliphatic carbocycles. The number of nitrogens with one attached hydrogen (secondary N) is 1. The van der Waals surface area contributed by atoms with Crippen molar-refractivity contribution in [2.24, 2.45) is 0 Å². The number of rotatable bonds is 9. The van der Waals surface area contributed by atoms with Crippen molar-refractivity contribution in [2.45, 2.75) is 57.0 Å². The number of carbonyl (C=O) groups excluding carboxylic acids is 1. The van der Waals surface area contributed by atoms with Crippen LogP contribution in [0.5, 0.6) is 0 Å². The Balaban J connectivity index is 0.000000454. The van der Waals surface area contributed by atoms with Crippen LogP contribution >= 0.6 is 0 Å². The standard InChI is InChI=1S/C31H27F3N6O4.C7H8O3S/c1-19-26(28(42)44-2)27(40-29(36-37-30(40)43)39(19)24-9-3-8-23(15-24)31(32,33)34)25-11-10-20(16-35)14-22(25)7-5-13-38-12-4-6-21(17-38)18-41;1-6-2-4-7(5-3-6)11(8,9)10/h3-4,6,8-12,14-15,17,27,41H,5,7,13,18H2,1-2H3;2-5H,1H3,(H,8,9,10). The van der Waals surface area contributed by atoms with Crippen LogP contribution in [0.4, 0.5) is 24.8 Å². The molecule has 1 unspecified atom stereocenters. The second-order valence-corrected chi connectivity index (χ2v) is 13.9. The van der Waals surface area contributed by atoms with Crippen molar-refractivity contribution < 1.29 is 45.3 Å². The number of benzene rings is 3. The van der Waals surface area contributed by atoms with Gasteiger partial charge in [-0.3, -0.25) is 4.90 Å². The van der Waals surface area contributed by atoms with Gasteiger partial charge in [0, 0.05) is 29.4 Å². The first-order chi connectivity index (χ1) is 26.1. The zero-order valence-electron chi connectivity index (χ0n) is 29.7. The van der Waals surface area contributed by atoms with Gasteiger partial charge in [-0.05, 0) is 79.9 Å². The van der Waals surface area contributed by atoms with Gasteiger partial charge in [-0.2, -0.15) is 18.4 Å². The highest BCUT2D eigenvalue weighted by atomic mass is 32.2. The number of aliphatic hydroxyl groups is 1. The number of aliphatic hydroxyl groups excluding tert-OH is 1. The van der Waals surface area contributed by atoms with Gasteiger partial charge in [0.25, 0.3) is 0 Å².